The molecule has 0 heterocycles. The molecule has 0 saturated heterocycles. The molecule has 0 bridgehead atoms. The molecule has 0 aliphatic heterocycles. The molecule has 0 aromatic carbocycles. The molecule has 300 valence electrons. The van der Waals surface area contributed by atoms with Crippen LogP contribution in [-0.4, -0.2) is 61.0 Å². The highest BCUT2D eigenvalue weighted by molar-refractivity contribution is 5.69. The first-order valence-corrected chi connectivity index (χ1v) is 22.7. The van der Waals surface area contributed by atoms with Crippen molar-refractivity contribution >= 4 is 5.97 Å². The Morgan fingerprint density at radius 3 is 1.40 bits per heavy atom. The van der Waals surface area contributed by atoms with Gasteiger partial charge in [0.15, 0.2) is 0 Å². The molecule has 1 atom stereocenters. The molecule has 0 spiro atoms. The van der Waals surface area contributed by atoms with Crippen molar-refractivity contribution in [3.8, 4) is 0 Å². The fraction of sp³-hybridized carbons (Fsp3) is 0.978. The van der Waals surface area contributed by atoms with Crippen molar-refractivity contribution in [1.82, 2.24) is 4.90 Å². The molecule has 0 fully saturated rings. The molecular weight excluding hydrogens is 618 g/mol. The predicted molar refractivity (Wildman–Crippen MR) is 218 cm³/mol. The standard InChI is InChI=1S/C45H91NO4/c1-5-8-11-14-17-18-19-20-21-26-31-36-45(48)50-43(4)37-39-46(40-41-47)38-32-27-22-23-28-33-42-49-44(34-29-24-15-12-9-6-2)35-30-25-16-13-10-7-3/h43-44,47H,5-42H2,1-4H3. The Morgan fingerprint density at radius 1 is 0.500 bits per heavy atom. The summed E-state index contributed by atoms with van der Waals surface area (Å²) in [5.74, 6) is -0.0429. The van der Waals surface area contributed by atoms with Crippen molar-refractivity contribution < 1.29 is 19.4 Å². The molecule has 1 N–H and O–H groups in total. The molecule has 0 aliphatic carbocycles. The predicted octanol–water partition coefficient (Wildman–Crippen LogP) is 13.5. The first-order valence-electron chi connectivity index (χ1n) is 22.7. The average Bonchev–Trinajstić information content (AvgIpc) is 3.11. The largest absolute Gasteiger partial charge is 0.463 e. The van der Waals surface area contributed by atoms with Crippen LogP contribution in [0.2, 0.25) is 0 Å². The van der Waals surface area contributed by atoms with E-state index in [4.69, 9.17) is 9.47 Å². The van der Waals surface area contributed by atoms with E-state index < -0.39 is 0 Å². The second-order valence-electron chi connectivity index (χ2n) is 15.7. The first kappa shape index (κ1) is 49.4. The summed E-state index contributed by atoms with van der Waals surface area (Å²) in [4.78, 5) is 14.7. The summed E-state index contributed by atoms with van der Waals surface area (Å²) in [6.45, 7) is 12.6. The third-order valence-corrected chi connectivity index (χ3v) is 10.6. The van der Waals surface area contributed by atoms with Crippen LogP contribution in [0.5, 0.6) is 0 Å². The van der Waals surface area contributed by atoms with E-state index in [0.717, 1.165) is 39.0 Å². The van der Waals surface area contributed by atoms with Crippen molar-refractivity contribution in [2.45, 2.75) is 252 Å². The lowest BCUT2D eigenvalue weighted by Gasteiger charge is -2.23. The van der Waals surface area contributed by atoms with E-state index in [0.29, 0.717) is 19.1 Å². The number of hydrogen-bond donors (Lipinski definition) is 1. The number of rotatable bonds is 42. The molecule has 0 amide bonds. The highest BCUT2D eigenvalue weighted by Crippen LogP contribution is 2.18. The van der Waals surface area contributed by atoms with Gasteiger partial charge in [-0.1, -0.05) is 188 Å². The third-order valence-electron chi connectivity index (χ3n) is 10.6. The molecule has 0 aromatic rings. The minimum absolute atomic E-state index is 0.0429. The zero-order valence-corrected chi connectivity index (χ0v) is 34.6. The summed E-state index contributed by atoms with van der Waals surface area (Å²) >= 11 is 0. The Balaban J connectivity index is 3.96. The SMILES string of the molecule is CCCCCCCCCCCCCC(=O)OC(C)CCN(CCO)CCCCCCCCOC(CCCCCCCC)CCCCCCCC. The summed E-state index contributed by atoms with van der Waals surface area (Å²) in [5.41, 5.74) is 0. The highest BCUT2D eigenvalue weighted by Gasteiger charge is 2.13. The molecule has 5 heteroatoms. The third kappa shape index (κ3) is 37.1. The maximum atomic E-state index is 12.3. The fourth-order valence-corrected chi connectivity index (χ4v) is 7.13. The van der Waals surface area contributed by atoms with Gasteiger partial charge in [-0.05, 0) is 52.0 Å². The van der Waals surface area contributed by atoms with E-state index in [2.05, 4.69) is 25.7 Å². The second-order valence-corrected chi connectivity index (χ2v) is 15.7. The lowest BCUT2D eigenvalue weighted by Crippen LogP contribution is -2.31. The van der Waals surface area contributed by atoms with Crippen LogP contribution in [0.4, 0.5) is 0 Å². The summed E-state index contributed by atoms with van der Waals surface area (Å²) < 4.78 is 12.2. The van der Waals surface area contributed by atoms with Gasteiger partial charge in [-0.15, -0.1) is 0 Å². The Morgan fingerprint density at radius 2 is 0.920 bits per heavy atom. The van der Waals surface area contributed by atoms with Gasteiger partial charge in [0.1, 0.15) is 6.10 Å². The van der Waals surface area contributed by atoms with E-state index >= 15 is 0 Å². The maximum absolute atomic E-state index is 12.3. The Labute approximate surface area is 314 Å². The van der Waals surface area contributed by atoms with Crippen LogP contribution < -0.4 is 0 Å². The van der Waals surface area contributed by atoms with Gasteiger partial charge in [0, 0.05) is 26.1 Å². The maximum Gasteiger partial charge on any atom is 0.306 e. The van der Waals surface area contributed by atoms with Crippen molar-refractivity contribution in [1.29, 1.82) is 0 Å². The van der Waals surface area contributed by atoms with Crippen LogP contribution >= 0.6 is 0 Å². The van der Waals surface area contributed by atoms with E-state index in [1.807, 2.05) is 6.92 Å². The zero-order chi connectivity index (χ0) is 36.6. The van der Waals surface area contributed by atoms with Crippen molar-refractivity contribution in [3.63, 3.8) is 0 Å². The lowest BCUT2D eigenvalue weighted by atomic mass is 10.0. The second kappa shape index (κ2) is 41.1. The summed E-state index contributed by atoms with van der Waals surface area (Å²) in [5, 5.41) is 9.59. The van der Waals surface area contributed by atoms with E-state index in [1.54, 1.807) is 0 Å². The quantitative estimate of drug-likeness (QED) is 0.0505. The van der Waals surface area contributed by atoms with Crippen molar-refractivity contribution in [3.05, 3.63) is 0 Å². The number of carbonyl (C=O) groups is 1. The van der Waals surface area contributed by atoms with Crippen LogP contribution in [0.3, 0.4) is 0 Å². The number of esters is 1. The van der Waals surface area contributed by atoms with Crippen LogP contribution in [0.1, 0.15) is 240 Å². The lowest BCUT2D eigenvalue weighted by molar-refractivity contribution is -0.148. The van der Waals surface area contributed by atoms with Crippen LogP contribution in [-0.2, 0) is 14.3 Å². The van der Waals surface area contributed by atoms with E-state index in [1.165, 1.54) is 186 Å². The molecule has 50 heavy (non-hydrogen) atoms. The van der Waals surface area contributed by atoms with Gasteiger partial charge < -0.3 is 19.5 Å². The number of ether oxygens (including phenoxy) is 2. The van der Waals surface area contributed by atoms with Gasteiger partial charge in [0.05, 0.1) is 12.7 Å². The highest BCUT2D eigenvalue weighted by atomic mass is 16.5. The van der Waals surface area contributed by atoms with Crippen molar-refractivity contribution in [2.75, 3.05) is 32.8 Å². The van der Waals surface area contributed by atoms with Gasteiger partial charge in [-0.25, -0.2) is 0 Å². The Kier molecular flexibility index (Phi) is 40.6. The monoisotopic (exact) mass is 710 g/mol. The number of aliphatic hydroxyl groups excluding tert-OH is 1. The molecule has 0 saturated carbocycles. The summed E-state index contributed by atoms with van der Waals surface area (Å²) in [6.07, 6.45) is 42.4. The first-order chi connectivity index (χ1) is 24.6. The van der Waals surface area contributed by atoms with Gasteiger partial charge in [-0.3, -0.25) is 4.79 Å². The average molecular weight is 710 g/mol. The van der Waals surface area contributed by atoms with E-state index in [9.17, 15) is 9.90 Å². The van der Waals surface area contributed by atoms with Crippen LogP contribution in [0.15, 0.2) is 0 Å². The Hall–Kier alpha value is -0.650. The number of aliphatic hydroxyl groups is 1. The van der Waals surface area contributed by atoms with Gasteiger partial charge >= 0.3 is 5.97 Å². The molecule has 1 unspecified atom stereocenters. The number of hydrogen-bond acceptors (Lipinski definition) is 5. The normalized spacial score (nSPS) is 12.4. The molecular formula is C45H91NO4. The minimum atomic E-state index is -0.0604. The smallest absolute Gasteiger partial charge is 0.306 e. The Bertz CT molecular complexity index is 643. The topological polar surface area (TPSA) is 59.0 Å². The van der Waals surface area contributed by atoms with Gasteiger partial charge in [-0.2, -0.15) is 0 Å². The molecule has 0 aromatic heterocycles. The van der Waals surface area contributed by atoms with Crippen LogP contribution in [0.25, 0.3) is 0 Å². The van der Waals surface area contributed by atoms with E-state index in [-0.39, 0.29) is 18.7 Å². The van der Waals surface area contributed by atoms with Gasteiger partial charge in [0.2, 0.25) is 0 Å². The minimum Gasteiger partial charge on any atom is -0.463 e. The molecule has 5 nitrogen and oxygen atoms in total. The fourth-order valence-electron chi connectivity index (χ4n) is 7.13. The molecule has 0 rings (SSSR count). The summed E-state index contributed by atoms with van der Waals surface area (Å²) in [6, 6.07) is 0. The molecule has 0 radical (unpaired) electrons. The van der Waals surface area contributed by atoms with Crippen LogP contribution in [0, 0.1) is 0 Å². The zero-order valence-electron chi connectivity index (χ0n) is 34.6. The van der Waals surface area contributed by atoms with Crippen molar-refractivity contribution in [2.24, 2.45) is 0 Å². The summed E-state index contributed by atoms with van der Waals surface area (Å²) in [7, 11) is 0. The number of carbonyl (C=O) groups excluding carboxylic acids is 1. The van der Waals surface area contributed by atoms with Gasteiger partial charge in [0.25, 0.3) is 0 Å². The number of nitrogens with zero attached hydrogens (tertiary/aromatic N) is 1. The number of unbranched alkanes of at least 4 members (excludes halogenated alkanes) is 25. The molecule has 0 aliphatic rings.